The average molecular weight is 559 g/mol. The largest absolute Gasteiger partial charge is 0.440 e. The van der Waals surface area contributed by atoms with Gasteiger partial charge in [-0.2, -0.15) is 0 Å². The zero-order valence-corrected chi connectivity index (χ0v) is 22.4. The minimum atomic E-state index is -0.230. The van der Waals surface area contributed by atoms with Crippen LogP contribution < -0.4 is 4.90 Å². The van der Waals surface area contributed by atoms with Gasteiger partial charge in [0, 0.05) is 49.8 Å². The molecule has 3 aliphatic rings. The molecule has 2 aromatic carbocycles. The second-order valence-electron chi connectivity index (χ2n) is 9.27. The number of thiophene rings is 1. The van der Waals surface area contributed by atoms with Crippen LogP contribution in [0.3, 0.4) is 0 Å². The Kier molecular flexibility index (Phi) is 7.64. The number of nitrogens with zero attached hydrogens (tertiary/aromatic N) is 2. The Hall–Kier alpha value is -1.80. The average Bonchev–Trinajstić information content (AvgIpc) is 3.29. The van der Waals surface area contributed by atoms with Crippen LogP contribution in [0.25, 0.3) is 0 Å². The fourth-order valence-electron chi connectivity index (χ4n) is 5.20. The van der Waals surface area contributed by atoms with Crippen molar-refractivity contribution < 1.29 is 14.0 Å². The zero-order valence-electron chi connectivity index (χ0n) is 19.1. The summed E-state index contributed by atoms with van der Waals surface area (Å²) in [5.74, 6) is 1.58. The van der Waals surface area contributed by atoms with Gasteiger partial charge in [-0.1, -0.05) is 36.4 Å². The summed E-state index contributed by atoms with van der Waals surface area (Å²) in [6.07, 6.45) is 2.07. The molecule has 0 radical (unpaired) electrons. The molecular formula is C27H30BrN2O2S2+. The predicted molar refractivity (Wildman–Crippen MR) is 145 cm³/mol. The van der Waals surface area contributed by atoms with E-state index in [0.29, 0.717) is 12.5 Å². The van der Waals surface area contributed by atoms with Gasteiger partial charge in [0.25, 0.3) is 0 Å². The summed E-state index contributed by atoms with van der Waals surface area (Å²) in [7, 11) is 0. The highest BCUT2D eigenvalue weighted by Gasteiger charge is 2.47. The molecule has 7 heteroatoms. The Balaban J connectivity index is 1.25. The van der Waals surface area contributed by atoms with E-state index in [0.717, 1.165) is 51.2 Å². The van der Waals surface area contributed by atoms with E-state index in [9.17, 15) is 4.79 Å². The Morgan fingerprint density at radius 1 is 1.09 bits per heavy atom. The molecule has 6 rings (SSSR count). The highest BCUT2D eigenvalue weighted by molar-refractivity contribution is 9.10. The van der Waals surface area contributed by atoms with E-state index in [-0.39, 0.29) is 12.2 Å². The lowest BCUT2D eigenvalue weighted by atomic mass is 9.83. The summed E-state index contributed by atoms with van der Waals surface area (Å²) in [4.78, 5) is 17.7. The summed E-state index contributed by atoms with van der Waals surface area (Å²) < 4.78 is 8.40. The van der Waals surface area contributed by atoms with Crippen molar-refractivity contribution in [3.63, 3.8) is 0 Å². The molecule has 3 fully saturated rings. The van der Waals surface area contributed by atoms with Gasteiger partial charge >= 0.3 is 6.09 Å². The molecule has 0 N–H and O–H groups in total. The maximum atomic E-state index is 13.5. The quantitative estimate of drug-likeness (QED) is 0.219. The number of ether oxygens (including phenoxy) is 1. The number of hydrogen-bond acceptors (Lipinski definition) is 4. The molecule has 0 unspecified atom stereocenters. The van der Waals surface area contributed by atoms with Gasteiger partial charge in [-0.25, -0.2) is 4.79 Å². The van der Waals surface area contributed by atoms with Crippen molar-refractivity contribution in [3.8, 4) is 0 Å². The highest BCUT2D eigenvalue weighted by atomic mass is 79.9. The van der Waals surface area contributed by atoms with E-state index in [1.807, 2.05) is 42.1 Å². The third kappa shape index (κ3) is 5.70. The molecule has 1 aromatic heterocycles. The SMILES string of the molecule is O=C(O[C@H]1C[N+]2(CCSc3ccccc3)CCC1CC2)N(Cc1cc(Br)cs1)c1ccccc1. The van der Waals surface area contributed by atoms with Crippen LogP contribution in [0, 0.1) is 5.92 Å². The summed E-state index contributed by atoms with van der Waals surface area (Å²) in [5.41, 5.74) is 0.876. The first-order valence-electron chi connectivity index (χ1n) is 11.9. The minimum Gasteiger partial charge on any atom is -0.440 e. The predicted octanol–water partition coefficient (Wildman–Crippen LogP) is 7.06. The Bertz CT molecular complexity index is 1080. The normalized spacial score (nSPS) is 23.6. The number of piperidine rings is 3. The lowest BCUT2D eigenvalue weighted by Gasteiger charge is -2.52. The molecule has 3 aromatic rings. The van der Waals surface area contributed by atoms with Crippen molar-refractivity contribution in [2.45, 2.75) is 30.4 Å². The first-order valence-corrected chi connectivity index (χ1v) is 14.6. The molecule has 4 nitrogen and oxygen atoms in total. The minimum absolute atomic E-state index is 0.00184. The zero-order chi connectivity index (χ0) is 23.4. The van der Waals surface area contributed by atoms with Gasteiger partial charge in [0.1, 0.15) is 6.54 Å². The maximum Gasteiger partial charge on any atom is 0.415 e. The molecule has 0 aliphatic carbocycles. The molecule has 1 atom stereocenters. The van der Waals surface area contributed by atoms with Crippen molar-refractivity contribution in [3.05, 3.63) is 81.5 Å². The van der Waals surface area contributed by atoms with Crippen molar-refractivity contribution in [1.29, 1.82) is 0 Å². The number of para-hydroxylation sites is 1. The van der Waals surface area contributed by atoms with Crippen molar-refractivity contribution >= 4 is 50.8 Å². The van der Waals surface area contributed by atoms with Gasteiger partial charge < -0.3 is 9.22 Å². The number of carbonyl (C=O) groups is 1. The molecule has 2 bridgehead atoms. The third-order valence-electron chi connectivity index (χ3n) is 7.10. The van der Waals surface area contributed by atoms with Crippen molar-refractivity contribution in [2.75, 3.05) is 36.8 Å². The monoisotopic (exact) mass is 557 g/mol. The van der Waals surface area contributed by atoms with Gasteiger partial charge in [0.15, 0.2) is 6.10 Å². The number of hydrogen-bond donors (Lipinski definition) is 0. The van der Waals surface area contributed by atoms with Crippen LogP contribution in [0.4, 0.5) is 10.5 Å². The maximum absolute atomic E-state index is 13.5. The summed E-state index contributed by atoms with van der Waals surface area (Å²) in [5, 5.41) is 2.05. The van der Waals surface area contributed by atoms with E-state index in [4.69, 9.17) is 4.74 Å². The third-order valence-corrected chi connectivity index (χ3v) is 9.77. The summed E-state index contributed by atoms with van der Waals surface area (Å²) in [6.45, 7) is 5.01. The number of amides is 1. The number of benzene rings is 2. The molecule has 3 saturated heterocycles. The lowest BCUT2D eigenvalue weighted by molar-refractivity contribution is -0.943. The standard InChI is InChI=1S/C27H30BrN2O2S2/c28-22-17-25(34-20-22)18-29(23-7-3-1-4-8-23)27(31)32-26-19-30(13-11-21(26)12-14-30)15-16-33-24-9-5-2-6-10-24/h1-10,17,20-21,26H,11-16,18-19H2/q+1/t21?,26-,30?/m0/s1. The molecule has 3 aliphatic heterocycles. The van der Waals surface area contributed by atoms with Gasteiger partial charge in [0.2, 0.25) is 0 Å². The van der Waals surface area contributed by atoms with E-state index >= 15 is 0 Å². The topological polar surface area (TPSA) is 29.5 Å². The molecule has 0 spiro atoms. The van der Waals surface area contributed by atoms with Crippen LogP contribution in [0.1, 0.15) is 17.7 Å². The number of quaternary nitrogens is 1. The summed E-state index contributed by atoms with van der Waals surface area (Å²) in [6, 6.07) is 22.6. The molecule has 34 heavy (non-hydrogen) atoms. The molecule has 0 saturated carbocycles. The van der Waals surface area contributed by atoms with Crippen LogP contribution in [0.5, 0.6) is 0 Å². The van der Waals surface area contributed by atoms with E-state index in [1.54, 1.807) is 16.2 Å². The highest BCUT2D eigenvalue weighted by Crippen LogP contribution is 2.37. The first kappa shape index (κ1) is 23.9. The van der Waals surface area contributed by atoms with Crippen LogP contribution >= 0.6 is 39.0 Å². The molecular weight excluding hydrogens is 528 g/mol. The van der Waals surface area contributed by atoms with Gasteiger partial charge in [-0.15, -0.1) is 23.1 Å². The lowest BCUT2D eigenvalue weighted by Crippen LogP contribution is -2.65. The number of rotatable bonds is 8. The number of anilines is 1. The Morgan fingerprint density at radius 2 is 1.79 bits per heavy atom. The van der Waals surface area contributed by atoms with Crippen LogP contribution in [0.15, 0.2) is 81.5 Å². The van der Waals surface area contributed by atoms with Crippen LogP contribution in [-0.4, -0.2) is 48.6 Å². The Morgan fingerprint density at radius 3 is 2.47 bits per heavy atom. The van der Waals surface area contributed by atoms with Gasteiger partial charge in [-0.05, 0) is 46.3 Å². The fraction of sp³-hybridized carbons (Fsp3) is 0.370. The fourth-order valence-corrected chi connectivity index (χ4v) is 7.70. The second-order valence-corrected chi connectivity index (χ2v) is 12.3. The molecule has 4 heterocycles. The van der Waals surface area contributed by atoms with Gasteiger partial charge in [0.05, 0.1) is 26.2 Å². The Labute approximate surface area is 218 Å². The molecule has 178 valence electrons. The smallest absolute Gasteiger partial charge is 0.415 e. The summed E-state index contributed by atoms with van der Waals surface area (Å²) >= 11 is 7.11. The molecule has 1 amide bonds. The number of halogens is 1. The first-order chi connectivity index (χ1) is 16.6. The van der Waals surface area contributed by atoms with E-state index in [1.165, 1.54) is 18.0 Å². The van der Waals surface area contributed by atoms with Gasteiger partial charge in [-0.3, -0.25) is 4.90 Å². The van der Waals surface area contributed by atoms with Crippen LogP contribution in [-0.2, 0) is 11.3 Å². The van der Waals surface area contributed by atoms with Crippen LogP contribution in [0.2, 0.25) is 0 Å². The van der Waals surface area contributed by atoms with Crippen molar-refractivity contribution in [1.82, 2.24) is 0 Å². The number of thioether (sulfide) groups is 1. The number of carbonyl (C=O) groups excluding carboxylic acids is 1. The number of fused-ring (bicyclic) bond motifs is 3. The second kappa shape index (κ2) is 10.9. The van der Waals surface area contributed by atoms with E-state index < -0.39 is 0 Å². The van der Waals surface area contributed by atoms with Crippen molar-refractivity contribution in [2.24, 2.45) is 5.92 Å². The van der Waals surface area contributed by atoms with E-state index in [2.05, 4.69) is 57.7 Å².